The molecular weight excluding hydrogens is 251 g/mol. The van der Waals surface area contributed by atoms with Gasteiger partial charge in [0.2, 0.25) is 0 Å². The quantitative estimate of drug-likeness (QED) is 0.600. The lowest BCUT2D eigenvalue weighted by molar-refractivity contribution is 0.0988. The molecule has 0 fully saturated rings. The molecule has 13 heavy (non-hydrogen) atoms. The number of Topliss-reactive ketones (excluding diaryl/α,β-unsaturated/α-hetero) is 1. The Morgan fingerprint density at radius 1 is 1.54 bits per heavy atom. The van der Waals surface area contributed by atoms with Crippen molar-refractivity contribution in [2.24, 2.45) is 0 Å². The lowest BCUT2D eigenvalue weighted by atomic mass is 10.0. The number of carbonyl (C=O) groups excluding carboxylic acids is 1. The summed E-state index contributed by atoms with van der Waals surface area (Å²) in [4.78, 5) is 11.6. The third-order valence-electron chi connectivity index (χ3n) is 1.82. The van der Waals surface area contributed by atoms with Crippen LogP contribution in [0.1, 0.15) is 22.3 Å². The number of halogens is 2. The molecule has 0 aliphatic carbocycles. The number of rotatable bonds is 3. The SMILES string of the molecule is Cc1cccc(Br)c1C(=O)CCCl. The van der Waals surface area contributed by atoms with Crippen LogP contribution in [0.4, 0.5) is 0 Å². The predicted octanol–water partition coefficient (Wildman–Crippen LogP) is 3.57. The number of ketones is 1. The molecule has 0 unspecified atom stereocenters. The lowest BCUT2D eigenvalue weighted by Gasteiger charge is -2.05. The van der Waals surface area contributed by atoms with E-state index in [-0.39, 0.29) is 5.78 Å². The molecule has 0 aliphatic rings. The van der Waals surface area contributed by atoms with Crippen LogP contribution in [-0.2, 0) is 0 Å². The van der Waals surface area contributed by atoms with Crippen molar-refractivity contribution in [3.05, 3.63) is 33.8 Å². The Kier molecular flexibility index (Phi) is 3.94. The number of carbonyl (C=O) groups is 1. The molecule has 0 bridgehead atoms. The Labute approximate surface area is 91.2 Å². The second kappa shape index (κ2) is 4.77. The van der Waals surface area contributed by atoms with Crippen LogP contribution in [0.15, 0.2) is 22.7 Å². The molecule has 0 heterocycles. The minimum atomic E-state index is 0.0972. The van der Waals surface area contributed by atoms with E-state index in [2.05, 4.69) is 15.9 Å². The van der Waals surface area contributed by atoms with Gasteiger partial charge in [0.1, 0.15) is 0 Å². The van der Waals surface area contributed by atoms with Gasteiger partial charge in [-0.1, -0.05) is 28.1 Å². The molecule has 70 valence electrons. The monoisotopic (exact) mass is 260 g/mol. The molecule has 0 saturated heterocycles. The van der Waals surface area contributed by atoms with Crippen LogP contribution >= 0.6 is 27.5 Å². The summed E-state index contributed by atoms with van der Waals surface area (Å²) in [6.07, 6.45) is 0.394. The smallest absolute Gasteiger partial charge is 0.165 e. The van der Waals surface area contributed by atoms with E-state index in [0.717, 1.165) is 15.6 Å². The molecule has 0 radical (unpaired) electrons. The summed E-state index contributed by atoms with van der Waals surface area (Å²) in [7, 11) is 0. The van der Waals surface area contributed by atoms with Gasteiger partial charge in [0.05, 0.1) is 0 Å². The average Bonchev–Trinajstić information content (AvgIpc) is 2.04. The average molecular weight is 262 g/mol. The van der Waals surface area contributed by atoms with E-state index < -0.39 is 0 Å². The predicted molar refractivity (Wildman–Crippen MR) is 58.5 cm³/mol. The fourth-order valence-corrected chi connectivity index (χ4v) is 2.05. The highest BCUT2D eigenvalue weighted by Crippen LogP contribution is 2.21. The van der Waals surface area contributed by atoms with E-state index in [1.165, 1.54) is 0 Å². The molecular formula is C10H10BrClO. The summed E-state index contributed by atoms with van der Waals surface area (Å²) >= 11 is 8.87. The molecule has 0 saturated carbocycles. The summed E-state index contributed by atoms with van der Waals surface area (Å²) < 4.78 is 0.850. The lowest BCUT2D eigenvalue weighted by Crippen LogP contribution is -2.03. The molecule has 0 spiro atoms. The first-order chi connectivity index (χ1) is 6.16. The van der Waals surface area contributed by atoms with Crippen LogP contribution in [0, 0.1) is 6.92 Å². The Morgan fingerprint density at radius 3 is 2.77 bits per heavy atom. The van der Waals surface area contributed by atoms with Crippen LogP contribution < -0.4 is 0 Å². The second-order valence-electron chi connectivity index (χ2n) is 2.79. The maximum absolute atomic E-state index is 11.6. The van der Waals surface area contributed by atoms with Crippen LogP contribution in [0.3, 0.4) is 0 Å². The van der Waals surface area contributed by atoms with Gasteiger partial charge in [0, 0.05) is 22.3 Å². The zero-order valence-electron chi connectivity index (χ0n) is 7.31. The van der Waals surface area contributed by atoms with E-state index in [0.29, 0.717) is 12.3 Å². The zero-order chi connectivity index (χ0) is 9.84. The topological polar surface area (TPSA) is 17.1 Å². The van der Waals surface area contributed by atoms with Crippen molar-refractivity contribution in [1.29, 1.82) is 0 Å². The maximum Gasteiger partial charge on any atom is 0.165 e. The maximum atomic E-state index is 11.6. The molecule has 1 aromatic rings. The number of aryl methyl sites for hydroxylation is 1. The summed E-state index contributed by atoms with van der Waals surface area (Å²) in [5.41, 5.74) is 1.74. The first-order valence-electron chi connectivity index (χ1n) is 4.01. The van der Waals surface area contributed by atoms with Gasteiger partial charge in [-0.25, -0.2) is 0 Å². The Balaban J connectivity index is 3.05. The van der Waals surface area contributed by atoms with Crippen LogP contribution in [-0.4, -0.2) is 11.7 Å². The third-order valence-corrected chi connectivity index (χ3v) is 2.67. The summed E-state index contributed by atoms with van der Waals surface area (Å²) in [6.45, 7) is 1.92. The molecule has 1 rings (SSSR count). The van der Waals surface area contributed by atoms with Gasteiger partial charge in [0.25, 0.3) is 0 Å². The van der Waals surface area contributed by atoms with Crippen LogP contribution in [0.5, 0.6) is 0 Å². The summed E-state index contributed by atoms with van der Waals surface area (Å²) in [6, 6.07) is 5.71. The molecule has 1 aromatic carbocycles. The van der Waals surface area contributed by atoms with Crippen molar-refractivity contribution in [2.75, 3.05) is 5.88 Å². The number of hydrogen-bond acceptors (Lipinski definition) is 1. The highest BCUT2D eigenvalue weighted by Gasteiger charge is 2.11. The Morgan fingerprint density at radius 2 is 2.23 bits per heavy atom. The molecule has 0 N–H and O–H groups in total. The van der Waals surface area contributed by atoms with E-state index in [1.54, 1.807) is 0 Å². The molecule has 3 heteroatoms. The van der Waals surface area contributed by atoms with Gasteiger partial charge in [-0.05, 0) is 18.6 Å². The molecule has 0 amide bonds. The summed E-state index contributed by atoms with van der Waals surface area (Å²) in [5, 5.41) is 0. The first kappa shape index (κ1) is 10.7. The Hall–Kier alpha value is -0.340. The normalized spacial score (nSPS) is 10.1. The van der Waals surface area contributed by atoms with Crippen molar-refractivity contribution in [2.45, 2.75) is 13.3 Å². The van der Waals surface area contributed by atoms with E-state index in [4.69, 9.17) is 11.6 Å². The van der Waals surface area contributed by atoms with Gasteiger partial charge in [-0.2, -0.15) is 0 Å². The fraction of sp³-hybridized carbons (Fsp3) is 0.300. The molecule has 0 aromatic heterocycles. The van der Waals surface area contributed by atoms with Gasteiger partial charge in [-0.15, -0.1) is 11.6 Å². The zero-order valence-corrected chi connectivity index (χ0v) is 9.65. The highest BCUT2D eigenvalue weighted by molar-refractivity contribution is 9.10. The molecule has 1 nitrogen and oxygen atoms in total. The number of hydrogen-bond donors (Lipinski definition) is 0. The van der Waals surface area contributed by atoms with Crippen LogP contribution in [0.25, 0.3) is 0 Å². The van der Waals surface area contributed by atoms with Gasteiger partial charge >= 0.3 is 0 Å². The van der Waals surface area contributed by atoms with E-state index in [1.807, 2.05) is 25.1 Å². The van der Waals surface area contributed by atoms with Crippen molar-refractivity contribution in [3.8, 4) is 0 Å². The largest absolute Gasteiger partial charge is 0.294 e. The van der Waals surface area contributed by atoms with Crippen molar-refractivity contribution < 1.29 is 4.79 Å². The minimum absolute atomic E-state index is 0.0972. The van der Waals surface area contributed by atoms with Crippen molar-refractivity contribution >= 4 is 33.3 Å². The minimum Gasteiger partial charge on any atom is -0.294 e. The van der Waals surface area contributed by atoms with Crippen molar-refractivity contribution in [1.82, 2.24) is 0 Å². The summed E-state index contributed by atoms with van der Waals surface area (Å²) in [5.74, 6) is 0.472. The molecule has 0 aliphatic heterocycles. The van der Waals surface area contributed by atoms with Gasteiger partial charge < -0.3 is 0 Å². The van der Waals surface area contributed by atoms with Crippen LogP contribution in [0.2, 0.25) is 0 Å². The first-order valence-corrected chi connectivity index (χ1v) is 5.34. The second-order valence-corrected chi connectivity index (χ2v) is 4.03. The fourth-order valence-electron chi connectivity index (χ4n) is 1.20. The third kappa shape index (κ3) is 2.55. The number of alkyl halides is 1. The van der Waals surface area contributed by atoms with Gasteiger partial charge in [0.15, 0.2) is 5.78 Å². The van der Waals surface area contributed by atoms with Crippen molar-refractivity contribution in [3.63, 3.8) is 0 Å². The van der Waals surface area contributed by atoms with E-state index in [9.17, 15) is 4.79 Å². The molecule has 0 atom stereocenters. The standard InChI is InChI=1S/C10H10BrClO/c1-7-3-2-4-8(11)10(7)9(13)5-6-12/h2-4H,5-6H2,1H3. The number of benzene rings is 1. The van der Waals surface area contributed by atoms with Gasteiger partial charge in [-0.3, -0.25) is 4.79 Å². The van der Waals surface area contributed by atoms with E-state index >= 15 is 0 Å². The highest BCUT2D eigenvalue weighted by atomic mass is 79.9. The Bertz CT molecular complexity index is 302.